The molecule has 0 aliphatic rings. The van der Waals surface area contributed by atoms with Crippen LogP contribution in [0.15, 0.2) is 60.8 Å². The molecule has 4 atom stereocenters. The van der Waals surface area contributed by atoms with Crippen molar-refractivity contribution in [2.24, 2.45) is 17.2 Å². The second kappa shape index (κ2) is 17.2. The summed E-state index contributed by atoms with van der Waals surface area (Å²) in [5, 5.41) is 15.6. The summed E-state index contributed by atoms with van der Waals surface area (Å²) in [6.07, 6.45) is 4.94. The monoisotopic (exact) mass is 634 g/mol. The van der Waals surface area contributed by atoms with Gasteiger partial charge in [0.15, 0.2) is 11.3 Å². The Balaban J connectivity index is 1.88. The minimum Gasteiger partial charge on any atom is -0.481 e. The quantitative estimate of drug-likeness (QED) is 0.0719. The van der Waals surface area contributed by atoms with Crippen molar-refractivity contribution in [3.63, 3.8) is 0 Å². The van der Waals surface area contributed by atoms with Gasteiger partial charge in [-0.05, 0) is 42.9 Å². The average Bonchev–Trinajstić information content (AvgIpc) is 3.43. The number of primary amides is 1. The van der Waals surface area contributed by atoms with Crippen LogP contribution in [-0.2, 0) is 36.8 Å². The molecular formula is C34H46N6O6. The van der Waals surface area contributed by atoms with Gasteiger partial charge >= 0.3 is 5.97 Å². The molecule has 1 heterocycles. The molecule has 0 saturated heterocycles. The molecule has 0 spiro atoms. The van der Waals surface area contributed by atoms with Crippen LogP contribution in [0.4, 0.5) is 0 Å². The third kappa shape index (κ3) is 9.98. The van der Waals surface area contributed by atoms with Gasteiger partial charge in [-0.15, -0.1) is 0 Å². The number of carboxylic acids is 1. The molecule has 0 bridgehead atoms. The van der Waals surface area contributed by atoms with Crippen molar-refractivity contribution in [1.82, 2.24) is 15.6 Å². The number of carboxylic acid groups (broad SMARTS) is 1. The number of hydrogen-bond acceptors (Lipinski definition) is 7. The third-order valence-electron chi connectivity index (χ3n) is 8.16. The van der Waals surface area contributed by atoms with E-state index in [4.69, 9.17) is 17.2 Å². The van der Waals surface area contributed by atoms with E-state index in [1.54, 1.807) is 36.5 Å². The lowest BCUT2D eigenvalue weighted by Gasteiger charge is -2.33. The fourth-order valence-electron chi connectivity index (χ4n) is 5.53. The van der Waals surface area contributed by atoms with Crippen molar-refractivity contribution < 1.29 is 29.1 Å². The zero-order chi connectivity index (χ0) is 33.7. The van der Waals surface area contributed by atoms with E-state index < -0.39 is 53.5 Å². The van der Waals surface area contributed by atoms with Crippen LogP contribution in [-0.4, -0.2) is 63.2 Å². The summed E-state index contributed by atoms with van der Waals surface area (Å²) >= 11 is 0. The van der Waals surface area contributed by atoms with E-state index in [9.17, 15) is 29.1 Å². The van der Waals surface area contributed by atoms with Gasteiger partial charge in [0.1, 0.15) is 6.04 Å². The van der Waals surface area contributed by atoms with Gasteiger partial charge in [0, 0.05) is 36.0 Å². The topological polar surface area (TPSA) is 223 Å². The van der Waals surface area contributed by atoms with E-state index in [0.717, 1.165) is 42.1 Å². The SMILES string of the molecule is CCCCCC(N)CCCC(=O)[C@@](CC(=O)O)(NC(=O)[C@@H](N)Cc1c[nH]c2ccccc12)C(=O)N[C@@H](Cc1ccccc1)C(N)=O. The number of H-pyrrole nitrogens is 1. The average molecular weight is 635 g/mol. The largest absolute Gasteiger partial charge is 0.481 e. The molecule has 3 amide bonds. The van der Waals surface area contributed by atoms with E-state index >= 15 is 0 Å². The molecule has 0 saturated carbocycles. The van der Waals surface area contributed by atoms with E-state index in [1.165, 1.54) is 0 Å². The maximum absolute atomic E-state index is 14.0. The molecule has 2 aromatic carbocycles. The molecular weight excluding hydrogens is 588 g/mol. The number of aromatic nitrogens is 1. The Hall–Kier alpha value is -4.55. The Morgan fingerprint density at radius 1 is 0.913 bits per heavy atom. The predicted octanol–water partition coefficient (Wildman–Crippen LogP) is 2.23. The molecule has 12 nitrogen and oxygen atoms in total. The number of rotatable bonds is 20. The number of carbonyl (C=O) groups excluding carboxylic acids is 4. The van der Waals surface area contributed by atoms with Gasteiger partial charge in [0.25, 0.3) is 5.91 Å². The molecule has 10 N–H and O–H groups in total. The predicted molar refractivity (Wildman–Crippen MR) is 175 cm³/mol. The number of fused-ring (bicyclic) bond motifs is 1. The number of Topliss-reactive ketones (excluding diaryl/α,β-unsaturated/α-hetero) is 1. The third-order valence-corrected chi connectivity index (χ3v) is 8.16. The minimum atomic E-state index is -2.56. The fourth-order valence-corrected chi connectivity index (χ4v) is 5.53. The lowest BCUT2D eigenvalue weighted by molar-refractivity contribution is -0.150. The van der Waals surface area contributed by atoms with Gasteiger partial charge in [-0.3, -0.25) is 24.0 Å². The van der Waals surface area contributed by atoms with Gasteiger partial charge in [0.05, 0.1) is 12.5 Å². The summed E-state index contributed by atoms with van der Waals surface area (Å²) in [4.78, 5) is 69.2. The second-order valence-corrected chi connectivity index (χ2v) is 11.8. The standard InChI is InChI=1S/C34H46N6O6/c1-2-3-5-13-24(35)14-10-17-29(41)34(20-30(42)43,33(46)39-28(31(37)44)18-22-11-6-4-7-12-22)40-32(45)26(36)19-23-21-38-27-16-9-8-15-25(23)27/h4,6-9,11-12,15-16,21,24,26,28,38H,2-3,5,10,13-14,17-20,35-36H2,1H3,(H2,37,44)(H,39,46)(H,40,45)(H,42,43)/t24?,26-,28-,34+/m0/s1. The van der Waals surface area contributed by atoms with Crippen LogP contribution in [0.2, 0.25) is 0 Å². The highest BCUT2D eigenvalue weighted by Crippen LogP contribution is 2.22. The molecule has 12 heteroatoms. The summed E-state index contributed by atoms with van der Waals surface area (Å²) in [6, 6.07) is 13.4. The highest BCUT2D eigenvalue weighted by atomic mass is 16.4. The maximum Gasteiger partial charge on any atom is 0.306 e. The van der Waals surface area contributed by atoms with Gasteiger partial charge < -0.3 is 37.9 Å². The number of nitrogens with two attached hydrogens (primary N) is 3. The van der Waals surface area contributed by atoms with Gasteiger partial charge in [0.2, 0.25) is 11.8 Å². The van der Waals surface area contributed by atoms with E-state index in [0.29, 0.717) is 12.0 Å². The van der Waals surface area contributed by atoms with Crippen molar-refractivity contribution in [3.8, 4) is 0 Å². The van der Waals surface area contributed by atoms with Crippen LogP contribution >= 0.6 is 0 Å². The van der Waals surface area contributed by atoms with Crippen LogP contribution in [0.3, 0.4) is 0 Å². The normalized spacial score (nSPS) is 14.5. The van der Waals surface area contributed by atoms with Crippen molar-refractivity contribution >= 4 is 40.4 Å². The molecule has 0 radical (unpaired) electrons. The van der Waals surface area contributed by atoms with Gasteiger partial charge in [-0.1, -0.05) is 74.7 Å². The summed E-state index contributed by atoms with van der Waals surface area (Å²) in [7, 11) is 0. The van der Waals surface area contributed by atoms with Crippen molar-refractivity contribution in [2.45, 2.75) is 94.8 Å². The number of benzene rings is 2. The van der Waals surface area contributed by atoms with Gasteiger partial charge in [-0.2, -0.15) is 0 Å². The van der Waals surface area contributed by atoms with Crippen LogP contribution < -0.4 is 27.8 Å². The molecule has 46 heavy (non-hydrogen) atoms. The Morgan fingerprint density at radius 2 is 1.59 bits per heavy atom. The molecule has 0 aliphatic heterocycles. The smallest absolute Gasteiger partial charge is 0.306 e. The lowest BCUT2D eigenvalue weighted by atomic mass is 9.84. The van der Waals surface area contributed by atoms with Crippen molar-refractivity contribution in [2.75, 3.05) is 0 Å². The molecule has 1 unspecified atom stereocenters. The molecule has 248 valence electrons. The molecule has 1 aromatic heterocycles. The van der Waals surface area contributed by atoms with E-state index in [-0.39, 0.29) is 31.7 Å². The number of aliphatic carboxylic acids is 1. The first-order valence-corrected chi connectivity index (χ1v) is 15.7. The van der Waals surface area contributed by atoms with Crippen molar-refractivity contribution in [1.29, 1.82) is 0 Å². The highest BCUT2D eigenvalue weighted by Gasteiger charge is 2.49. The number of nitrogens with one attached hydrogen (secondary N) is 3. The summed E-state index contributed by atoms with van der Waals surface area (Å²) in [5.74, 6) is -5.29. The maximum atomic E-state index is 14.0. The summed E-state index contributed by atoms with van der Waals surface area (Å²) in [6.45, 7) is 2.08. The Bertz CT molecular complexity index is 1490. The number of aromatic amines is 1. The zero-order valence-electron chi connectivity index (χ0n) is 26.3. The lowest BCUT2D eigenvalue weighted by Crippen LogP contribution is -2.68. The van der Waals surface area contributed by atoms with Crippen LogP contribution in [0.1, 0.15) is 69.4 Å². The first-order valence-electron chi connectivity index (χ1n) is 15.7. The number of ketones is 1. The van der Waals surface area contributed by atoms with Crippen LogP contribution in [0, 0.1) is 0 Å². The number of unbranched alkanes of at least 4 members (excludes halogenated alkanes) is 2. The molecule has 3 aromatic rings. The number of amides is 3. The van der Waals surface area contributed by atoms with E-state index in [2.05, 4.69) is 22.5 Å². The summed E-state index contributed by atoms with van der Waals surface area (Å²) in [5.41, 5.74) is 17.8. The number of carbonyl (C=O) groups is 5. The fraction of sp³-hybridized carbons (Fsp3) is 0.441. The molecule has 0 aliphatic carbocycles. The zero-order valence-corrected chi connectivity index (χ0v) is 26.3. The Morgan fingerprint density at radius 3 is 2.26 bits per heavy atom. The molecule has 0 fully saturated rings. The first-order chi connectivity index (χ1) is 22.0. The Labute approximate surface area is 268 Å². The highest BCUT2D eigenvalue weighted by molar-refractivity contribution is 6.15. The Kier molecular flexibility index (Phi) is 13.5. The molecule has 3 rings (SSSR count). The first kappa shape index (κ1) is 35.9. The van der Waals surface area contributed by atoms with Crippen LogP contribution in [0.25, 0.3) is 10.9 Å². The minimum absolute atomic E-state index is 0.0140. The number of para-hydroxylation sites is 1. The van der Waals surface area contributed by atoms with E-state index in [1.807, 2.05) is 24.3 Å². The summed E-state index contributed by atoms with van der Waals surface area (Å²) < 4.78 is 0. The van der Waals surface area contributed by atoms with Crippen LogP contribution in [0.5, 0.6) is 0 Å². The van der Waals surface area contributed by atoms with Gasteiger partial charge in [-0.25, -0.2) is 0 Å². The van der Waals surface area contributed by atoms with Crippen molar-refractivity contribution in [3.05, 3.63) is 71.9 Å². The second-order valence-electron chi connectivity index (χ2n) is 11.8. The number of hydrogen-bond donors (Lipinski definition) is 7.